The lowest BCUT2D eigenvalue weighted by molar-refractivity contribution is -0.155. The maximum Gasteiger partial charge on any atom is 0.289 e. The number of hydrogen-bond acceptors (Lipinski definition) is 4. The van der Waals surface area contributed by atoms with Gasteiger partial charge in [-0.3, -0.25) is 9.59 Å². The number of rotatable bonds is 2. The van der Waals surface area contributed by atoms with Gasteiger partial charge in [0.05, 0.1) is 19.0 Å². The van der Waals surface area contributed by atoms with Gasteiger partial charge < -0.3 is 19.0 Å². The highest BCUT2D eigenvalue weighted by molar-refractivity contribution is 5.91. The maximum absolute atomic E-state index is 14.4. The van der Waals surface area contributed by atoms with Crippen LogP contribution in [0.2, 0.25) is 0 Å². The third-order valence-electron chi connectivity index (χ3n) is 5.68. The Morgan fingerprint density at radius 3 is 2.72 bits per heavy atom. The molecule has 136 valence electrons. The normalized spacial score (nSPS) is 28.7. The van der Waals surface area contributed by atoms with Gasteiger partial charge >= 0.3 is 0 Å². The van der Waals surface area contributed by atoms with Crippen molar-refractivity contribution in [2.24, 2.45) is 5.92 Å². The molecule has 2 saturated heterocycles. The lowest BCUT2D eigenvalue weighted by Crippen LogP contribution is -2.56. The minimum absolute atomic E-state index is 0.134. The minimum atomic E-state index is -1.65. The molecule has 2 atom stereocenters. The highest BCUT2D eigenvalue weighted by atomic mass is 19.1. The predicted molar refractivity (Wildman–Crippen MR) is 86.7 cm³/mol. The summed E-state index contributed by atoms with van der Waals surface area (Å²) in [4.78, 5) is 28.3. The Morgan fingerprint density at radius 1 is 1.20 bits per heavy atom. The second-order valence-corrected chi connectivity index (χ2v) is 7.26. The second kappa shape index (κ2) is 6.44. The van der Waals surface area contributed by atoms with E-state index in [0.29, 0.717) is 57.8 Å². The number of amides is 2. The van der Waals surface area contributed by atoms with Crippen molar-refractivity contribution in [1.82, 2.24) is 9.80 Å². The number of furan rings is 1. The molecule has 6 nitrogen and oxygen atoms in total. The third kappa shape index (κ3) is 3.05. The van der Waals surface area contributed by atoms with Gasteiger partial charge in [0.15, 0.2) is 11.4 Å². The monoisotopic (exact) mass is 350 g/mol. The van der Waals surface area contributed by atoms with Crippen LogP contribution in [0.25, 0.3) is 0 Å². The van der Waals surface area contributed by atoms with E-state index in [0.717, 1.165) is 6.42 Å². The van der Waals surface area contributed by atoms with Crippen molar-refractivity contribution in [2.45, 2.75) is 37.5 Å². The van der Waals surface area contributed by atoms with Gasteiger partial charge in [0.1, 0.15) is 0 Å². The van der Waals surface area contributed by atoms with E-state index in [1.54, 1.807) is 21.9 Å². The summed E-state index contributed by atoms with van der Waals surface area (Å²) in [6.07, 6.45) is 3.51. The first-order valence-electron chi connectivity index (χ1n) is 8.99. The van der Waals surface area contributed by atoms with Gasteiger partial charge in [-0.2, -0.15) is 0 Å². The first kappa shape index (κ1) is 16.6. The molecular formula is C18H23FN2O4. The number of carbonyl (C=O) groups excluding carboxylic acids is 2. The van der Waals surface area contributed by atoms with Gasteiger partial charge in [-0.05, 0) is 37.8 Å². The molecule has 4 rings (SSSR count). The van der Waals surface area contributed by atoms with E-state index in [4.69, 9.17) is 9.15 Å². The molecule has 2 amide bonds. The van der Waals surface area contributed by atoms with Gasteiger partial charge in [-0.25, -0.2) is 4.39 Å². The van der Waals surface area contributed by atoms with Crippen molar-refractivity contribution in [1.29, 1.82) is 0 Å². The van der Waals surface area contributed by atoms with Crippen LogP contribution in [-0.2, 0) is 9.53 Å². The number of fused-ring (bicyclic) bond motifs is 1. The molecule has 1 aromatic rings. The number of halogens is 1. The molecule has 0 radical (unpaired) electrons. The van der Waals surface area contributed by atoms with Crippen LogP contribution in [0.1, 0.15) is 36.2 Å². The highest BCUT2D eigenvalue weighted by Crippen LogP contribution is 2.38. The summed E-state index contributed by atoms with van der Waals surface area (Å²) in [6.45, 7) is 2.42. The fourth-order valence-electron chi connectivity index (χ4n) is 3.96. The fourth-order valence-corrected chi connectivity index (χ4v) is 3.96. The van der Waals surface area contributed by atoms with Crippen LogP contribution in [-0.4, -0.2) is 66.2 Å². The lowest BCUT2D eigenvalue weighted by atomic mass is 9.80. The summed E-state index contributed by atoms with van der Waals surface area (Å²) < 4.78 is 25.5. The van der Waals surface area contributed by atoms with Crippen molar-refractivity contribution in [3.63, 3.8) is 0 Å². The summed E-state index contributed by atoms with van der Waals surface area (Å²) in [7, 11) is 0. The largest absolute Gasteiger partial charge is 0.459 e. The zero-order valence-corrected chi connectivity index (χ0v) is 14.2. The van der Waals surface area contributed by atoms with Crippen molar-refractivity contribution in [3.05, 3.63) is 24.2 Å². The Balaban J connectivity index is 1.40. The van der Waals surface area contributed by atoms with Gasteiger partial charge in [0, 0.05) is 32.1 Å². The van der Waals surface area contributed by atoms with Crippen molar-refractivity contribution < 1.29 is 23.1 Å². The molecule has 25 heavy (non-hydrogen) atoms. The first-order chi connectivity index (χ1) is 12.1. The number of ether oxygens (including phenoxy) is 1. The molecule has 0 N–H and O–H groups in total. The molecule has 1 saturated carbocycles. The molecule has 0 aromatic carbocycles. The Morgan fingerprint density at radius 2 is 2.04 bits per heavy atom. The molecule has 3 aliphatic rings. The number of carbonyl (C=O) groups is 2. The number of nitrogens with zero attached hydrogens (tertiary/aromatic N) is 2. The summed E-state index contributed by atoms with van der Waals surface area (Å²) in [5, 5.41) is 0. The zero-order valence-electron chi connectivity index (χ0n) is 14.2. The van der Waals surface area contributed by atoms with Crippen LogP contribution in [0.4, 0.5) is 4.39 Å². The SMILES string of the molecule is O=C(c1ccco1)N1CCO[C@@H]2CN(C(=O)C3(F)CCC3)CC[C@@H]2C1. The maximum atomic E-state index is 14.4. The first-order valence-corrected chi connectivity index (χ1v) is 8.99. The Bertz CT molecular complexity index is 644. The Hall–Kier alpha value is -1.89. The minimum Gasteiger partial charge on any atom is -0.459 e. The lowest BCUT2D eigenvalue weighted by Gasteiger charge is -2.42. The van der Waals surface area contributed by atoms with E-state index in [1.807, 2.05) is 0 Å². The van der Waals surface area contributed by atoms with E-state index in [2.05, 4.69) is 0 Å². The van der Waals surface area contributed by atoms with E-state index < -0.39 is 5.67 Å². The molecule has 3 fully saturated rings. The second-order valence-electron chi connectivity index (χ2n) is 7.26. The van der Waals surface area contributed by atoms with Crippen LogP contribution in [0.3, 0.4) is 0 Å². The van der Waals surface area contributed by atoms with Gasteiger partial charge in [0.25, 0.3) is 11.8 Å². The number of hydrogen-bond donors (Lipinski definition) is 0. The Labute approximate surface area is 145 Å². The highest BCUT2D eigenvalue weighted by Gasteiger charge is 2.48. The van der Waals surface area contributed by atoms with Gasteiger partial charge in [-0.15, -0.1) is 0 Å². The molecule has 0 bridgehead atoms. The average Bonchev–Trinajstić information content (AvgIpc) is 3.04. The number of likely N-dealkylation sites (tertiary alicyclic amines) is 1. The molecule has 0 spiro atoms. The fraction of sp³-hybridized carbons (Fsp3) is 0.667. The zero-order chi connectivity index (χ0) is 17.4. The Kier molecular flexibility index (Phi) is 4.27. The van der Waals surface area contributed by atoms with Crippen molar-refractivity contribution in [3.8, 4) is 0 Å². The van der Waals surface area contributed by atoms with E-state index in [-0.39, 0.29) is 23.8 Å². The van der Waals surface area contributed by atoms with Crippen LogP contribution < -0.4 is 0 Å². The quantitative estimate of drug-likeness (QED) is 0.817. The topological polar surface area (TPSA) is 63.0 Å². The summed E-state index contributed by atoms with van der Waals surface area (Å²) >= 11 is 0. The van der Waals surface area contributed by atoms with E-state index >= 15 is 0 Å². The molecular weight excluding hydrogens is 327 g/mol. The van der Waals surface area contributed by atoms with Crippen LogP contribution >= 0.6 is 0 Å². The van der Waals surface area contributed by atoms with Gasteiger partial charge in [0.2, 0.25) is 0 Å². The van der Waals surface area contributed by atoms with Crippen LogP contribution in [0.5, 0.6) is 0 Å². The molecule has 0 unspecified atom stereocenters. The van der Waals surface area contributed by atoms with Crippen molar-refractivity contribution in [2.75, 3.05) is 32.8 Å². The molecule has 1 aromatic heterocycles. The summed E-state index contributed by atoms with van der Waals surface area (Å²) in [5.74, 6) is -0.0312. The molecule has 3 heterocycles. The third-order valence-corrected chi connectivity index (χ3v) is 5.68. The number of piperidine rings is 1. The van der Waals surface area contributed by atoms with E-state index in [1.165, 1.54) is 6.26 Å². The van der Waals surface area contributed by atoms with Crippen molar-refractivity contribution >= 4 is 11.8 Å². The predicted octanol–water partition coefficient (Wildman–Crippen LogP) is 1.86. The number of alkyl halides is 1. The molecule has 2 aliphatic heterocycles. The average molecular weight is 350 g/mol. The summed E-state index contributed by atoms with van der Waals surface area (Å²) in [5.41, 5.74) is -1.65. The van der Waals surface area contributed by atoms with Crippen LogP contribution in [0.15, 0.2) is 22.8 Å². The summed E-state index contributed by atoms with van der Waals surface area (Å²) in [6, 6.07) is 3.36. The van der Waals surface area contributed by atoms with E-state index in [9.17, 15) is 14.0 Å². The molecule has 1 aliphatic carbocycles. The molecule has 7 heteroatoms. The smallest absolute Gasteiger partial charge is 0.289 e. The standard InChI is InChI=1S/C18H23FN2O4/c19-18(5-2-6-18)17(23)21-7-4-13-11-20(8-10-25-15(13)12-21)16(22)14-3-1-9-24-14/h1,3,9,13,15H,2,4-8,10-12H2/t13-,15-/m1/s1. The van der Waals surface area contributed by atoms with Gasteiger partial charge in [-0.1, -0.05) is 0 Å². The van der Waals surface area contributed by atoms with Crippen LogP contribution in [0, 0.1) is 5.92 Å².